The van der Waals surface area contributed by atoms with E-state index in [1.165, 1.54) is 4.90 Å². The summed E-state index contributed by atoms with van der Waals surface area (Å²) < 4.78 is 5.48. The summed E-state index contributed by atoms with van der Waals surface area (Å²) in [6.45, 7) is 4.40. The van der Waals surface area contributed by atoms with E-state index < -0.39 is 6.09 Å². The molecule has 176 valence electrons. The van der Waals surface area contributed by atoms with Gasteiger partial charge in [-0.2, -0.15) is 0 Å². The maximum Gasteiger partial charge on any atom is 0.407 e. The second-order valence-electron chi connectivity index (χ2n) is 9.14. The van der Waals surface area contributed by atoms with Gasteiger partial charge in [-0.3, -0.25) is 4.79 Å². The van der Waals surface area contributed by atoms with Crippen molar-refractivity contribution in [1.82, 2.24) is 14.7 Å². The van der Waals surface area contributed by atoms with E-state index in [2.05, 4.69) is 4.90 Å². The molecule has 3 heterocycles. The molecule has 2 amide bonds. The van der Waals surface area contributed by atoms with Crippen LogP contribution in [0.15, 0.2) is 18.2 Å². The van der Waals surface area contributed by atoms with Crippen molar-refractivity contribution in [1.29, 1.82) is 0 Å². The first-order chi connectivity index (χ1) is 15.3. The number of likely N-dealkylation sites (tertiary alicyclic amines) is 2. The number of carbonyl (C=O) groups excluding carboxylic acids is 1. The molecule has 2 atom stereocenters. The van der Waals surface area contributed by atoms with E-state index in [0.717, 1.165) is 57.6 Å². The number of halogens is 2. The molecule has 3 aliphatic rings. The van der Waals surface area contributed by atoms with Gasteiger partial charge in [0.1, 0.15) is 0 Å². The molecule has 3 saturated heterocycles. The molecule has 3 fully saturated rings. The van der Waals surface area contributed by atoms with Gasteiger partial charge in [0.15, 0.2) is 0 Å². The highest BCUT2D eigenvalue weighted by molar-refractivity contribution is 6.42. The molecular formula is C23H31Cl2N3O4. The number of carboxylic acid groups (broad SMARTS) is 1. The third kappa shape index (κ3) is 5.01. The summed E-state index contributed by atoms with van der Waals surface area (Å²) in [7, 11) is 1.57. The minimum absolute atomic E-state index is 0.00516. The van der Waals surface area contributed by atoms with E-state index in [1.54, 1.807) is 19.2 Å². The lowest BCUT2D eigenvalue weighted by Crippen LogP contribution is -2.47. The number of carbonyl (C=O) groups is 2. The molecule has 1 aromatic carbocycles. The van der Waals surface area contributed by atoms with Crippen molar-refractivity contribution in [3.05, 3.63) is 33.8 Å². The Kier molecular flexibility index (Phi) is 7.50. The van der Waals surface area contributed by atoms with Crippen LogP contribution in [0.3, 0.4) is 0 Å². The zero-order valence-electron chi connectivity index (χ0n) is 18.4. The van der Waals surface area contributed by atoms with Crippen LogP contribution in [0.25, 0.3) is 0 Å². The molecule has 0 spiro atoms. The number of rotatable bonds is 4. The fourth-order valence-corrected chi connectivity index (χ4v) is 5.70. The van der Waals surface area contributed by atoms with Gasteiger partial charge < -0.3 is 24.5 Å². The lowest BCUT2D eigenvalue weighted by molar-refractivity contribution is -0.136. The Labute approximate surface area is 199 Å². The fourth-order valence-electron chi connectivity index (χ4n) is 5.39. The predicted octanol–water partition coefficient (Wildman–Crippen LogP) is 3.79. The van der Waals surface area contributed by atoms with E-state index in [9.17, 15) is 14.7 Å². The molecule has 0 saturated carbocycles. The maximum atomic E-state index is 13.4. The highest BCUT2D eigenvalue weighted by atomic mass is 35.5. The van der Waals surface area contributed by atoms with Crippen molar-refractivity contribution in [3.8, 4) is 0 Å². The number of benzene rings is 1. The first-order valence-corrected chi connectivity index (χ1v) is 12.1. The average Bonchev–Trinajstić information content (AvgIpc) is 3.26. The van der Waals surface area contributed by atoms with Crippen molar-refractivity contribution in [2.45, 2.75) is 43.7 Å². The topological polar surface area (TPSA) is 73.3 Å². The number of piperidine rings is 1. The summed E-state index contributed by atoms with van der Waals surface area (Å²) in [4.78, 5) is 30.8. The third-order valence-corrected chi connectivity index (χ3v) is 8.10. The Morgan fingerprint density at radius 1 is 1.06 bits per heavy atom. The van der Waals surface area contributed by atoms with Crippen LogP contribution in [-0.2, 0) is 9.53 Å². The molecular weight excluding hydrogens is 453 g/mol. The summed E-state index contributed by atoms with van der Waals surface area (Å²) in [6, 6.07) is 5.64. The van der Waals surface area contributed by atoms with E-state index in [1.807, 2.05) is 11.0 Å². The monoisotopic (exact) mass is 483 g/mol. The molecule has 9 heteroatoms. The molecule has 32 heavy (non-hydrogen) atoms. The molecule has 7 nitrogen and oxygen atoms in total. The van der Waals surface area contributed by atoms with Crippen LogP contribution in [0.1, 0.15) is 37.2 Å². The maximum absolute atomic E-state index is 13.4. The Morgan fingerprint density at radius 3 is 2.38 bits per heavy atom. The largest absolute Gasteiger partial charge is 0.465 e. The second kappa shape index (κ2) is 10.2. The standard InChI is InChI=1S/C23H31Cl2N3O4/c1-26(23(30)31)21-14-28(13-18(21)16-2-3-19(24)20(25)12-16)22(29)15-4-8-27(9-5-15)17-6-10-32-11-7-17/h2-3,12,15,17-18,21H,4-11,13-14H2,1H3,(H,30,31)/t18-,21+/m0/s1. The van der Waals surface area contributed by atoms with Crippen LogP contribution in [-0.4, -0.2) is 90.3 Å². The van der Waals surface area contributed by atoms with Crippen molar-refractivity contribution in [3.63, 3.8) is 0 Å². The molecule has 1 aromatic rings. The lowest BCUT2D eigenvalue weighted by atomic mass is 9.92. The molecule has 0 aliphatic carbocycles. The molecule has 4 rings (SSSR count). The number of likely N-dealkylation sites (N-methyl/N-ethyl adjacent to an activating group) is 1. The van der Waals surface area contributed by atoms with Crippen LogP contribution in [0.4, 0.5) is 4.79 Å². The van der Waals surface area contributed by atoms with Crippen LogP contribution in [0, 0.1) is 5.92 Å². The Hall–Kier alpha value is -1.54. The summed E-state index contributed by atoms with van der Waals surface area (Å²) in [5, 5.41) is 10.5. The van der Waals surface area contributed by atoms with E-state index in [4.69, 9.17) is 27.9 Å². The van der Waals surface area contributed by atoms with Gasteiger partial charge in [0.05, 0.1) is 16.1 Å². The first-order valence-electron chi connectivity index (χ1n) is 11.4. The van der Waals surface area contributed by atoms with Gasteiger partial charge in [-0.25, -0.2) is 4.79 Å². The van der Waals surface area contributed by atoms with Gasteiger partial charge in [0.25, 0.3) is 0 Å². The predicted molar refractivity (Wildman–Crippen MR) is 123 cm³/mol. The van der Waals surface area contributed by atoms with Crippen molar-refractivity contribution < 1.29 is 19.4 Å². The average molecular weight is 484 g/mol. The minimum Gasteiger partial charge on any atom is -0.465 e. The Morgan fingerprint density at radius 2 is 1.75 bits per heavy atom. The van der Waals surface area contributed by atoms with Gasteiger partial charge in [-0.15, -0.1) is 0 Å². The number of nitrogens with zero attached hydrogens (tertiary/aromatic N) is 3. The number of hydrogen-bond acceptors (Lipinski definition) is 4. The molecule has 0 radical (unpaired) electrons. The normalized spacial score (nSPS) is 25.8. The molecule has 0 aromatic heterocycles. The summed E-state index contributed by atoms with van der Waals surface area (Å²) in [5.74, 6) is -0.00504. The van der Waals surface area contributed by atoms with Crippen LogP contribution < -0.4 is 0 Å². The van der Waals surface area contributed by atoms with Crippen molar-refractivity contribution >= 4 is 35.2 Å². The smallest absolute Gasteiger partial charge is 0.407 e. The lowest BCUT2D eigenvalue weighted by Gasteiger charge is -2.39. The van der Waals surface area contributed by atoms with Gasteiger partial charge in [-0.1, -0.05) is 29.3 Å². The second-order valence-corrected chi connectivity index (χ2v) is 9.95. The molecule has 3 aliphatic heterocycles. The number of ether oxygens (including phenoxy) is 1. The van der Waals surface area contributed by atoms with Gasteiger partial charge in [0.2, 0.25) is 5.91 Å². The summed E-state index contributed by atoms with van der Waals surface area (Å²) in [6.07, 6.45) is 2.84. The molecule has 1 N–H and O–H groups in total. The van der Waals surface area contributed by atoms with Gasteiger partial charge >= 0.3 is 6.09 Å². The van der Waals surface area contributed by atoms with E-state index in [-0.39, 0.29) is 23.8 Å². The van der Waals surface area contributed by atoms with Crippen molar-refractivity contribution in [2.75, 3.05) is 46.4 Å². The van der Waals surface area contributed by atoms with Crippen LogP contribution >= 0.6 is 23.2 Å². The number of hydrogen-bond donors (Lipinski definition) is 1. The highest BCUT2D eigenvalue weighted by Gasteiger charge is 2.42. The van der Waals surface area contributed by atoms with Crippen LogP contribution in [0.2, 0.25) is 10.0 Å². The minimum atomic E-state index is -1.00. The molecule has 0 bridgehead atoms. The third-order valence-electron chi connectivity index (χ3n) is 7.36. The van der Waals surface area contributed by atoms with Crippen molar-refractivity contribution in [2.24, 2.45) is 5.92 Å². The molecule has 0 unspecified atom stereocenters. The number of amides is 2. The zero-order chi connectivity index (χ0) is 22.8. The van der Waals surface area contributed by atoms with E-state index >= 15 is 0 Å². The first kappa shape index (κ1) is 23.6. The summed E-state index contributed by atoms with van der Waals surface area (Å²) >= 11 is 12.3. The highest BCUT2D eigenvalue weighted by Crippen LogP contribution is 2.36. The Balaban J connectivity index is 1.43. The van der Waals surface area contributed by atoms with E-state index in [0.29, 0.717) is 29.2 Å². The Bertz CT molecular complexity index is 841. The fraction of sp³-hybridized carbons (Fsp3) is 0.652. The quantitative estimate of drug-likeness (QED) is 0.704. The van der Waals surface area contributed by atoms with Gasteiger partial charge in [0, 0.05) is 51.2 Å². The van der Waals surface area contributed by atoms with Gasteiger partial charge in [-0.05, 0) is 56.5 Å². The SMILES string of the molecule is CN(C(=O)O)[C@@H]1CN(C(=O)C2CCN(C3CCOCC3)CC2)C[C@H]1c1ccc(Cl)c(Cl)c1. The van der Waals surface area contributed by atoms with Crippen LogP contribution in [0.5, 0.6) is 0 Å². The zero-order valence-corrected chi connectivity index (χ0v) is 19.9. The summed E-state index contributed by atoms with van der Waals surface area (Å²) in [5.41, 5.74) is 0.905.